The molecule has 0 fully saturated rings. The SMILES string of the molecule is C#CCNC(=O)CN1C(=O)C(=O)c2cc(C)ccc21. The number of benzene rings is 1. The Morgan fingerprint density at radius 3 is 2.84 bits per heavy atom. The quantitative estimate of drug-likeness (QED) is 0.623. The van der Waals surface area contributed by atoms with Crippen molar-refractivity contribution in [2.75, 3.05) is 18.0 Å². The molecule has 0 aromatic heterocycles. The van der Waals surface area contributed by atoms with Crippen molar-refractivity contribution in [3.8, 4) is 12.3 Å². The van der Waals surface area contributed by atoms with Gasteiger partial charge < -0.3 is 5.32 Å². The van der Waals surface area contributed by atoms with Gasteiger partial charge in [0.2, 0.25) is 5.91 Å². The predicted molar refractivity (Wildman–Crippen MR) is 69.7 cm³/mol. The largest absolute Gasteiger partial charge is 0.344 e. The fourth-order valence-electron chi connectivity index (χ4n) is 1.92. The van der Waals surface area contributed by atoms with Crippen LogP contribution in [0.25, 0.3) is 0 Å². The first-order valence-corrected chi connectivity index (χ1v) is 5.71. The van der Waals surface area contributed by atoms with Crippen LogP contribution in [0.4, 0.5) is 5.69 Å². The van der Waals surface area contributed by atoms with E-state index in [9.17, 15) is 14.4 Å². The molecule has 1 aromatic carbocycles. The zero-order chi connectivity index (χ0) is 14.0. The molecule has 0 spiro atoms. The lowest BCUT2D eigenvalue weighted by Crippen LogP contribution is -2.40. The van der Waals surface area contributed by atoms with Crippen molar-refractivity contribution in [3.63, 3.8) is 0 Å². The van der Waals surface area contributed by atoms with Gasteiger partial charge in [-0.1, -0.05) is 17.6 Å². The number of nitrogens with zero attached hydrogens (tertiary/aromatic N) is 1. The van der Waals surface area contributed by atoms with Crippen LogP contribution in [0.15, 0.2) is 18.2 Å². The molecule has 0 atom stereocenters. The van der Waals surface area contributed by atoms with E-state index in [1.54, 1.807) is 18.2 Å². The van der Waals surface area contributed by atoms with Gasteiger partial charge in [0.25, 0.3) is 11.7 Å². The van der Waals surface area contributed by atoms with E-state index in [1.807, 2.05) is 6.92 Å². The van der Waals surface area contributed by atoms with Crippen LogP contribution in [0, 0.1) is 19.3 Å². The molecule has 1 heterocycles. The molecule has 0 bridgehead atoms. The molecular weight excluding hydrogens is 244 g/mol. The average molecular weight is 256 g/mol. The first-order valence-electron chi connectivity index (χ1n) is 5.71. The van der Waals surface area contributed by atoms with Crippen molar-refractivity contribution >= 4 is 23.3 Å². The Morgan fingerprint density at radius 2 is 2.16 bits per heavy atom. The van der Waals surface area contributed by atoms with Crippen LogP contribution in [0.5, 0.6) is 0 Å². The van der Waals surface area contributed by atoms with Crippen LogP contribution in [0.2, 0.25) is 0 Å². The monoisotopic (exact) mass is 256 g/mol. The molecule has 0 saturated heterocycles. The highest BCUT2D eigenvalue weighted by atomic mass is 16.2. The van der Waals surface area contributed by atoms with Crippen LogP contribution < -0.4 is 10.2 Å². The van der Waals surface area contributed by atoms with Gasteiger partial charge >= 0.3 is 0 Å². The second-order valence-electron chi connectivity index (χ2n) is 4.22. The molecule has 0 saturated carbocycles. The van der Waals surface area contributed by atoms with Gasteiger partial charge in [0, 0.05) is 0 Å². The van der Waals surface area contributed by atoms with E-state index < -0.39 is 17.6 Å². The van der Waals surface area contributed by atoms with Crippen molar-refractivity contribution in [3.05, 3.63) is 29.3 Å². The smallest absolute Gasteiger partial charge is 0.299 e. The van der Waals surface area contributed by atoms with Gasteiger partial charge in [0.15, 0.2) is 0 Å². The summed E-state index contributed by atoms with van der Waals surface area (Å²) in [4.78, 5) is 36.4. The summed E-state index contributed by atoms with van der Waals surface area (Å²) in [6.07, 6.45) is 5.03. The minimum absolute atomic E-state index is 0.0928. The van der Waals surface area contributed by atoms with Gasteiger partial charge in [0.05, 0.1) is 17.8 Å². The van der Waals surface area contributed by atoms with Crippen molar-refractivity contribution in [1.29, 1.82) is 0 Å². The molecule has 1 aliphatic heterocycles. The third-order valence-corrected chi connectivity index (χ3v) is 2.82. The van der Waals surface area contributed by atoms with Crippen LogP contribution in [-0.4, -0.2) is 30.7 Å². The average Bonchev–Trinajstić information content (AvgIpc) is 2.61. The molecule has 1 aromatic rings. The lowest BCUT2D eigenvalue weighted by atomic mass is 10.1. The van der Waals surface area contributed by atoms with Gasteiger partial charge in [-0.3, -0.25) is 19.3 Å². The summed E-state index contributed by atoms with van der Waals surface area (Å²) >= 11 is 0. The number of fused-ring (bicyclic) bond motifs is 1. The molecule has 19 heavy (non-hydrogen) atoms. The number of amides is 2. The second-order valence-corrected chi connectivity index (χ2v) is 4.22. The first-order chi connectivity index (χ1) is 9.04. The van der Waals surface area contributed by atoms with Gasteiger partial charge in [0.1, 0.15) is 6.54 Å². The normalized spacial score (nSPS) is 13.2. The molecule has 96 valence electrons. The number of aryl methyl sites for hydroxylation is 1. The van der Waals surface area contributed by atoms with Gasteiger partial charge in [-0.05, 0) is 19.1 Å². The maximum Gasteiger partial charge on any atom is 0.299 e. The molecule has 2 amide bonds. The highest BCUT2D eigenvalue weighted by molar-refractivity contribution is 6.52. The number of hydrogen-bond acceptors (Lipinski definition) is 3. The second kappa shape index (κ2) is 4.94. The molecule has 0 aliphatic carbocycles. The number of anilines is 1. The Labute approximate surface area is 110 Å². The minimum atomic E-state index is -0.684. The number of nitrogens with one attached hydrogen (secondary N) is 1. The van der Waals surface area contributed by atoms with Crippen LogP contribution in [-0.2, 0) is 9.59 Å². The minimum Gasteiger partial charge on any atom is -0.344 e. The predicted octanol–water partition coefficient (Wildman–Crippen LogP) is 0.274. The summed E-state index contributed by atoms with van der Waals surface area (Å²) in [5.41, 5.74) is 1.70. The molecule has 0 unspecified atom stereocenters. The summed E-state index contributed by atoms with van der Waals surface area (Å²) in [7, 11) is 0. The van der Waals surface area contributed by atoms with E-state index in [2.05, 4.69) is 11.2 Å². The number of hydrogen-bond donors (Lipinski definition) is 1. The maximum absolute atomic E-state index is 11.8. The summed E-state index contributed by atoms with van der Waals surface area (Å²) in [5, 5.41) is 2.46. The van der Waals surface area contributed by atoms with E-state index in [1.165, 1.54) is 4.90 Å². The summed E-state index contributed by atoms with van der Waals surface area (Å²) in [5.74, 6) is 0.608. The molecule has 0 radical (unpaired) electrons. The van der Waals surface area contributed by atoms with E-state index in [0.29, 0.717) is 11.3 Å². The van der Waals surface area contributed by atoms with Crippen molar-refractivity contribution in [2.45, 2.75) is 6.92 Å². The number of ketones is 1. The Morgan fingerprint density at radius 1 is 1.42 bits per heavy atom. The van der Waals surface area contributed by atoms with E-state index in [0.717, 1.165) is 5.56 Å². The fraction of sp³-hybridized carbons (Fsp3) is 0.214. The van der Waals surface area contributed by atoms with Crippen molar-refractivity contribution in [1.82, 2.24) is 5.32 Å². The Balaban J connectivity index is 2.24. The molecule has 5 nitrogen and oxygen atoms in total. The maximum atomic E-state index is 11.8. The Hall–Kier alpha value is -2.61. The molecular formula is C14H12N2O3. The topological polar surface area (TPSA) is 66.5 Å². The standard InChI is InChI=1S/C14H12N2O3/c1-3-6-15-12(17)8-16-11-5-4-9(2)7-10(11)13(18)14(16)19/h1,4-5,7H,6,8H2,2H3,(H,15,17). The van der Waals surface area contributed by atoms with Crippen LogP contribution in [0.1, 0.15) is 15.9 Å². The third-order valence-electron chi connectivity index (χ3n) is 2.82. The highest BCUT2D eigenvalue weighted by Crippen LogP contribution is 2.29. The molecule has 1 aliphatic rings. The zero-order valence-corrected chi connectivity index (χ0v) is 10.4. The van der Waals surface area contributed by atoms with E-state index in [4.69, 9.17) is 6.42 Å². The van der Waals surface area contributed by atoms with Gasteiger partial charge in [-0.25, -0.2) is 0 Å². The van der Waals surface area contributed by atoms with E-state index >= 15 is 0 Å². The third kappa shape index (κ3) is 2.33. The summed E-state index contributed by atoms with van der Waals surface area (Å²) in [6, 6.07) is 5.11. The number of carbonyl (C=O) groups is 3. The van der Waals surface area contributed by atoms with Crippen LogP contribution >= 0.6 is 0 Å². The fourth-order valence-corrected chi connectivity index (χ4v) is 1.92. The van der Waals surface area contributed by atoms with Crippen LogP contribution in [0.3, 0.4) is 0 Å². The summed E-state index contributed by atoms with van der Waals surface area (Å²) in [6.45, 7) is 1.72. The molecule has 1 N–H and O–H groups in total. The van der Waals surface area contributed by atoms with Gasteiger partial charge in [-0.15, -0.1) is 6.42 Å². The van der Waals surface area contributed by atoms with Crippen molar-refractivity contribution in [2.24, 2.45) is 0 Å². The number of terminal acetylenes is 1. The number of rotatable bonds is 3. The Kier molecular flexibility index (Phi) is 3.34. The molecule has 2 rings (SSSR count). The lowest BCUT2D eigenvalue weighted by molar-refractivity contribution is -0.121. The van der Waals surface area contributed by atoms with Gasteiger partial charge in [-0.2, -0.15) is 0 Å². The van der Waals surface area contributed by atoms with E-state index in [-0.39, 0.29) is 13.1 Å². The van der Waals surface area contributed by atoms with Crippen molar-refractivity contribution < 1.29 is 14.4 Å². The number of carbonyl (C=O) groups excluding carboxylic acids is 3. The Bertz CT molecular complexity index is 614. The highest BCUT2D eigenvalue weighted by Gasteiger charge is 2.36. The zero-order valence-electron chi connectivity index (χ0n) is 10.4. The number of Topliss-reactive ketones (excluding diaryl/α,β-unsaturated/α-hetero) is 1. The molecule has 5 heteroatoms. The first kappa shape index (κ1) is 12.8. The summed E-state index contributed by atoms with van der Waals surface area (Å²) < 4.78 is 0. The lowest BCUT2D eigenvalue weighted by Gasteiger charge is -2.15.